The molecule has 0 radical (unpaired) electrons. The zero-order valence-electron chi connectivity index (χ0n) is 21.7. The van der Waals surface area contributed by atoms with E-state index in [0.717, 1.165) is 16.8 Å². The minimum atomic E-state index is -0.933. The van der Waals surface area contributed by atoms with Crippen LogP contribution in [0.25, 0.3) is 0 Å². The average Bonchev–Trinajstić information content (AvgIpc) is 2.90. The number of carbonyl (C=O) groups excluding carboxylic acids is 3. The molecule has 3 aromatic carbocycles. The van der Waals surface area contributed by atoms with Gasteiger partial charge in [-0.2, -0.15) is 5.10 Å². The number of hydrogen-bond acceptors (Lipinski definition) is 7. The summed E-state index contributed by atoms with van der Waals surface area (Å²) in [6.07, 6.45) is 1.36. The first-order valence-corrected chi connectivity index (χ1v) is 11.8. The van der Waals surface area contributed by atoms with Crippen molar-refractivity contribution in [2.45, 2.75) is 20.8 Å². The lowest BCUT2D eigenvalue weighted by atomic mass is 10.1. The van der Waals surface area contributed by atoms with Crippen LogP contribution in [0.2, 0.25) is 0 Å². The SMILES string of the molecule is CCOc1cc(/C=N\NC(=O)C(=O)Nc2ccc(OC)cc2)ccc1OCC(=O)Nc1ccc(C)cc1C. The summed E-state index contributed by atoms with van der Waals surface area (Å²) < 4.78 is 16.4. The Morgan fingerprint density at radius 1 is 0.868 bits per heavy atom. The van der Waals surface area contributed by atoms with Crippen LogP contribution in [-0.2, 0) is 14.4 Å². The van der Waals surface area contributed by atoms with E-state index < -0.39 is 11.8 Å². The van der Waals surface area contributed by atoms with Crippen LogP contribution in [-0.4, -0.2) is 44.3 Å². The standard InChI is InChI=1S/C28H30N4O6/c1-5-37-25-15-20(16-29-32-28(35)27(34)30-21-8-10-22(36-4)11-9-21)7-13-24(25)38-17-26(33)31-23-12-6-18(2)14-19(23)3/h6-16H,5,17H2,1-4H3,(H,30,34)(H,31,33)(H,32,35)/b29-16-. The van der Waals surface area contributed by atoms with Crippen molar-refractivity contribution >= 4 is 35.3 Å². The van der Waals surface area contributed by atoms with Gasteiger partial charge in [0.25, 0.3) is 5.91 Å². The van der Waals surface area contributed by atoms with Crippen molar-refractivity contribution in [2.75, 3.05) is 31.0 Å². The van der Waals surface area contributed by atoms with E-state index in [2.05, 4.69) is 21.2 Å². The van der Waals surface area contributed by atoms with Gasteiger partial charge < -0.3 is 24.8 Å². The zero-order chi connectivity index (χ0) is 27.5. The maximum atomic E-state index is 12.4. The van der Waals surface area contributed by atoms with Crippen LogP contribution < -0.4 is 30.3 Å². The molecule has 0 fully saturated rings. The fourth-order valence-electron chi connectivity index (χ4n) is 3.35. The fourth-order valence-corrected chi connectivity index (χ4v) is 3.35. The molecular formula is C28H30N4O6. The van der Waals surface area contributed by atoms with Crippen molar-refractivity contribution in [3.05, 3.63) is 77.4 Å². The Morgan fingerprint density at radius 2 is 1.63 bits per heavy atom. The molecule has 0 spiro atoms. The number of aryl methyl sites for hydroxylation is 2. The van der Waals surface area contributed by atoms with Crippen LogP contribution in [0.15, 0.2) is 65.8 Å². The van der Waals surface area contributed by atoms with Gasteiger partial charge in [-0.1, -0.05) is 17.7 Å². The highest BCUT2D eigenvalue weighted by atomic mass is 16.5. The molecule has 0 heterocycles. The molecule has 3 aromatic rings. The summed E-state index contributed by atoms with van der Waals surface area (Å²) in [7, 11) is 1.53. The highest BCUT2D eigenvalue weighted by Gasteiger charge is 2.13. The van der Waals surface area contributed by atoms with E-state index >= 15 is 0 Å². The predicted octanol–water partition coefficient (Wildman–Crippen LogP) is 3.82. The van der Waals surface area contributed by atoms with Crippen LogP contribution in [0.1, 0.15) is 23.6 Å². The van der Waals surface area contributed by atoms with Gasteiger partial charge in [-0.3, -0.25) is 14.4 Å². The molecule has 10 nitrogen and oxygen atoms in total. The van der Waals surface area contributed by atoms with E-state index in [1.165, 1.54) is 13.3 Å². The molecule has 38 heavy (non-hydrogen) atoms. The maximum Gasteiger partial charge on any atom is 0.329 e. The maximum absolute atomic E-state index is 12.4. The van der Waals surface area contributed by atoms with Gasteiger partial charge in [-0.15, -0.1) is 0 Å². The Kier molecular flexibility index (Phi) is 9.81. The van der Waals surface area contributed by atoms with Gasteiger partial charge in [-0.25, -0.2) is 5.43 Å². The molecule has 0 aliphatic carbocycles. The molecule has 0 saturated carbocycles. The van der Waals surface area contributed by atoms with Crippen molar-refractivity contribution in [3.63, 3.8) is 0 Å². The summed E-state index contributed by atoms with van der Waals surface area (Å²) in [5.41, 5.74) is 5.99. The van der Waals surface area contributed by atoms with E-state index in [0.29, 0.717) is 35.1 Å². The number of hydrogen-bond donors (Lipinski definition) is 3. The third-order valence-corrected chi connectivity index (χ3v) is 5.22. The molecule has 3 N–H and O–H groups in total. The molecule has 0 aromatic heterocycles. The molecule has 0 bridgehead atoms. The normalized spacial score (nSPS) is 10.5. The molecule has 10 heteroatoms. The van der Waals surface area contributed by atoms with Gasteiger partial charge in [0.2, 0.25) is 0 Å². The zero-order valence-corrected chi connectivity index (χ0v) is 21.7. The Morgan fingerprint density at radius 3 is 2.32 bits per heavy atom. The van der Waals surface area contributed by atoms with Crippen molar-refractivity contribution in [1.29, 1.82) is 0 Å². The molecule has 0 saturated heterocycles. The van der Waals surface area contributed by atoms with Crippen LogP contribution >= 0.6 is 0 Å². The van der Waals surface area contributed by atoms with Crippen LogP contribution in [0, 0.1) is 13.8 Å². The molecule has 0 aliphatic heterocycles. The summed E-state index contributed by atoms with van der Waals surface area (Å²) in [6.45, 7) is 5.89. The number of rotatable bonds is 10. The Labute approximate surface area is 221 Å². The van der Waals surface area contributed by atoms with Crippen molar-refractivity contribution in [3.8, 4) is 17.2 Å². The van der Waals surface area contributed by atoms with Crippen molar-refractivity contribution in [1.82, 2.24) is 5.43 Å². The highest BCUT2D eigenvalue weighted by molar-refractivity contribution is 6.39. The molecule has 198 valence electrons. The largest absolute Gasteiger partial charge is 0.497 e. The van der Waals surface area contributed by atoms with Gasteiger partial charge in [-0.05, 0) is 80.4 Å². The van der Waals surface area contributed by atoms with Crippen LogP contribution in [0.3, 0.4) is 0 Å². The second kappa shape index (κ2) is 13.4. The highest BCUT2D eigenvalue weighted by Crippen LogP contribution is 2.28. The van der Waals surface area contributed by atoms with Crippen LogP contribution in [0.5, 0.6) is 17.2 Å². The average molecular weight is 519 g/mol. The Balaban J connectivity index is 1.55. The minimum absolute atomic E-state index is 0.208. The lowest BCUT2D eigenvalue weighted by Gasteiger charge is -2.13. The number of nitrogens with zero attached hydrogens (tertiary/aromatic N) is 1. The molecule has 0 unspecified atom stereocenters. The quantitative estimate of drug-likeness (QED) is 0.213. The number of methoxy groups -OCH3 is 1. The smallest absolute Gasteiger partial charge is 0.329 e. The third kappa shape index (κ3) is 8.09. The number of anilines is 2. The number of ether oxygens (including phenoxy) is 3. The minimum Gasteiger partial charge on any atom is -0.497 e. The third-order valence-electron chi connectivity index (χ3n) is 5.22. The van der Waals surface area contributed by atoms with E-state index in [4.69, 9.17) is 14.2 Å². The summed E-state index contributed by atoms with van der Waals surface area (Å²) in [4.78, 5) is 36.5. The first-order chi connectivity index (χ1) is 18.3. The number of carbonyl (C=O) groups is 3. The van der Waals surface area contributed by atoms with E-state index in [9.17, 15) is 14.4 Å². The lowest BCUT2D eigenvalue weighted by Crippen LogP contribution is -2.32. The van der Waals surface area contributed by atoms with Crippen molar-refractivity contribution < 1.29 is 28.6 Å². The molecule has 0 aliphatic rings. The molecule has 0 atom stereocenters. The van der Waals surface area contributed by atoms with Gasteiger partial charge in [0.05, 0.1) is 19.9 Å². The summed E-state index contributed by atoms with van der Waals surface area (Å²) in [6, 6.07) is 17.3. The number of nitrogens with one attached hydrogen (secondary N) is 3. The molecule has 3 rings (SSSR count). The van der Waals surface area contributed by atoms with Crippen LogP contribution in [0.4, 0.5) is 11.4 Å². The fraction of sp³-hybridized carbons (Fsp3) is 0.214. The van der Waals surface area contributed by atoms with Gasteiger partial charge in [0.1, 0.15) is 5.75 Å². The summed E-state index contributed by atoms with van der Waals surface area (Å²) >= 11 is 0. The second-order valence-corrected chi connectivity index (χ2v) is 8.18. The molecular weight excluding hydrogens is 488 g/mol. The number of hydrazone groups is 1. The number of amides is 3. The van der Waals surface area contributed by atoms with Gasteiger partial charge in [0.15, 0.2) is 18.1 Å². The van der Waals surface area contributed by atoms with E-state index in [1.54, 1.807) is 42.5 Å². The van der Waals surface area contributed by atoms with E-state index in [-0.39, 0.29) is 12.5 Å². The second-order valence-electron chi connectivity index (χ2n) is 8.18. The summed E-state index contributed by atoms with van der Waals surface area (Å²) in [5, 5.41) is 9.14. The first-order valence-electron chi connectivity index (χ1n) is 11.8. The predicted molar refractivity (Wildman–Crippen MR) is 145 cm³/mol. The van der Waals surface area contributed by atoms with Gasteiger partial charge in [0, 0.05) is 11.4 Å². The number of benzene rings is 3. The Bertz CT molecular complexity index is 1320. The van der Waals surface area contributed by atoms with E-state index in [1.807, 2.05) is 39.0 Å². The molecule has 3 amide bonds. The lowest BCUT2D eigenvalue weighted by molar-refractivity contribution is -0.136. The van der Waals surface area contributed by atoms with Gasteiger partial charge >= 0.3 is 11.8 Å². The summed E-state index contributed by atoms with van der Waals surface area (Å²) in [5.74, 6) is -0.703. The first kappa shape index (κ1) is 27.7. The Hall–Kier alpha value is -4.86. The van der Waals surface area contributed by atoms with Crippen molar-refractivity contribution in [2.24, 2.45) is 5.10 Å². The monoisotopic (exact) mass is 518 g/mol. The topological polar surface area (TPSA) is 127 Å².